The highest BCUT2D eigenvalue weighted by atomic mass is 35.5. The molecule has 1 aliphatic heterocycles. The Kier molecular flexibility index (Phi) is 5.87. The molecule has 1 saturated heterocycles. The molecule has 3 nitrogen and oxygen atoms in total. The van der Waals surface area contributed by atoms with Gasteiger partial charge >= 0.3 is 0 Å². The Bertz CT molecular complexity index is 506. The van der Waals surface area contributed by atoms with Crippen molar-refractivity contribution in [2.45, 2.75) is 44.4 Å². The summed E-state index contributed by atoms with van der Waals surface area (Å²) in [6, 6.07) is 8.83. The molecule has 2 fully saturated rings. The lowest BCUT2D eigenvalue weighted by atomic mass is 9.78. The highest BCUT2D eigenvalue weighted by molar-refractivity contribution is 5.85. The molecule has 3 rings (SSSR count). The van der Waals surface area contributed by atoms with E-state index in [0.29, 0.717) is 0 Å². The van der Waals surface area contributed by atoms with Gasteiger partial charge in [-0.2, -0.15) is 0 Å². The fraction of sp³-hybridized carbons (Fsp3) is 0.611. The molecule has 1 aliphatic carbocycles. The largest absolute Gasteiger partial charge is 0.355 e. The van der Waals surface area contributed by atoms with Crippen LogP contribution in [0, 0.1) is 12.8 Å². The standard InChI is InChI=1S/C18H26N2O.ClH/c1-14-5-4-6-16(11-14)18(8-2-3-9-18)13-20-17(21)15-7-10-19-12-15;/h4-6,11,15,19H,2-3,7-10,12-13H2,1H3,(H,20,21);1H. The van der Waals surface area contributed by atoms with Gasteiger partial charge in [0.2, 0.25) is 5.91 Å². The maximum Gasteiger partial charge on any atom is 0.224 e. The summed E-state index contributed by atoms with van der Waals surface area (Å²) in [4.78, 5) is 12.3. The third-order valence-electron chi connectivity index (χ3n) is 5.22. The first-order valence-electron chi connectivity index (χ1n) is 8.25. The smallest absolute Gasteiger partial charge is 0.224 e. The molecule has 22 heavy (non-hydrogen) atoms. The second-order valence-corrected chi connectivity index (χ2v) is 6.76. The summed E-state index contributed by atoms with van der Waals surface area (Å²) in [5.41, 5.74) is 2.88. The van der Waals surface area contributed by atoms with E-state index < -0.39 is 0 Å². The molecule has 122 valence electrons. The zero-order valence-electron chi connectivity index (χ0n) is 13.4. The van der Waals surface area contributed by atoms with E-state index in [-0.39, 0.29) is 29.6 Å². The van der Waals surface area contributed by atoms with Gasteiger partial charge in [0, 0.05) is 18.5 Å². The number of carbonyl (C=O) groups is 1. The summed E-state index contributed by atoms with van der Waals surface area (Å²) in [7, 11) is 0. The van der Waals surface area contributed by atoms with Gasteiger partial charge in [-0.25, -0.2) is 0 Å². The predicted molar refractivity (Wildman–Crippen MR) is 92.6 cm³/mol. The van der Waals surface area contributed by atoms with Crippen LogP contribution in [0.25, 0.3) is 0 Å². The first-order chi connectivity index (χ1) is 10.2. The Morgan fingerprint density at radius 2 is 2.14 bits per heavy atom. The first kappa shape index (κ1) is 17.3. The Hall–Kier alpha value is -1.06. The van der Waals surface area contributed by atoms with Gasteiger partial charge in [-0.05, 0) is 38.3 Å². The zero-order valence-corrected chi connectivity index (χ0v) is 14.2. The van der Waals surface area contributed by atoms with Gasteiger partial charge in [-0.3, -0.25) is 4.79 Å². The molecule has 1 aromatic rings. The average molecular weight is 323 g/mol. The number of carbonyl (C=O) groups excluding carboxylic acids is 1. The van der Waals surface area contributed by atoms with Crippen molar-refractivity contribution in [3.05, 3.63) is 35.4 Å². The van der Waals surface area contributed by atoms with Crippen molar-refractivity contribution in [2.75, 3.05) is 19.6 Å². The number of benzene rings is 1. The van der Waals surface area contributed by atoms with Gasteiger partial charge in [0.05, 0.1) is 5.92 Å². The minimum Gasteiger partial charge on any atom is -0.355 e. The number of hydrogen-bond donors (Lipinski definition) is 2. The van der Waals surface area contributed by atoms with Gasteiger partial charge in [0.25, 0.3) is 0 Å². The number of rotatable bonds is 4. The zero-order chi connectivity index (χ0) is 14.7. The SMILES string of the molecule is Cc1cccc(C2(CNC(=O)C3CCNC3)CCCC2)c1.Cl. The van der Waals surface area contributed by atoms with E-state index in [9.17, 15) is 4.79 Å². The van der Waals surface area contributed by atoms with Crippen LogP contribution in [0.4, 0.5) is 0 Å². The monoisotopic (exact) mass is 322 g/mol. The van der Waals surface area contributed by atoms with Crippen molar-refractivity contribution < 1.29 is 4.79 Å². The molecule has 1 unspecified atom stereocenters. The molecule has 1 atom stereocenters. The van der Waals surface area contributed by atoms with E-state index in [2.05, 4.69) is 41.8 Å². The summed E-state index contributed by atoms with van der Waals surface area (Å²) in [6.07, 6.45) is 5.91. The minimum absolute atomic E-state index is 0. The number of amides is 1. The van der Waals surface area contributed by atoms with Crippen LogP contribution in [0.5, 0.6) is 0 Å². The maximum atomic E-state index is 12.3. The molecule has 1 saturated carbocycles. The minimum atomic E-state index is 0. The summed E-state index contributed by atoms with van der Waals surface area (Å²) < 4.78 is 0. The molecule has 2 N–H and O–H groups in total. The van der Waals surface area contributed by atoms with Crippen LogP contribution in [0.3, 0.4) is 0 Å². The third kappa shape index (κ3) is 3.64. The van der Waals surface area contributed by atoms with Gasteiger partial charge < -0.3 is 10.6 Å². The van der Waals surface area contributed by atoms with Gasteiger partial charge in [-0.15, -0.1) is 12.4 Å². The van der Waals surface area contributed by atoms with Crippen LogP contribution < -0.4 is 10.6 Å². The Labute approximate surface area is 139 Å². The highest BCUT2D eigenvalue weighted by Crippen LogP contribution is 2.40. The topological polar surface area (TPSA) is 41.1 Å². The van der Waals surface area contributed by atoms with E-state index in [1.807, 2.05) is 0 Å². The average Bonchev–Trinajstić information content (AvgIpc) is 3.17. The van der Waals surface area contributed by atoms with E-state index in [0.717, 1.165) is 26.1 Å². The second-order valence-electron chi connectivity index (χ2n) is 6.76. The summed E-state index contributed by atoms with van der Waals surface area (Å²) >= 11 is 0. The molecule has 0 spiro atoms. The number of hydrogen-bond acceptors (Lipinski definition) is 2. The molecule has 0 aromatic heterocycles. The lowest BCUT2D eigenvalue weighted by Crippen LogP contribution is -2.42. The van der Waals surface area contributed by atoms with E-state index >= 15 is 0 Å². The van der Waals surface area contributed by atoms with Crippen LogP contribution in [0.15, 0.2) is 24.3 Å². The van der Waals surface area contributed by atoms with Crippen LogP contribution in [-0.4, -0.2) is 25.5 Å². The van der Waals surface area contributed by atoms with Crippen molar-refractivity contribution in [1.29, 1.82) is 0 Å². The predicted octanol–water partition coefficient (Wildman–Crippen LogP) is 2.95. The molecule has 0 radical (unpaired) electrons. The molecule has 1 heterocycles. The molecule has 4 heteroatoms. The molecular weight excluding hydrogens is 296 g/mol. The lowest BCUT2D eigenvalue weighted by Gasteiger charge is -2.31. The third-order valence-corrected chi connectivity index (χ3v) is 5.22. The fourth-order valence-corrected chi connectivity index (χ4v) is 3.87. The fourth-order valence-electron chi connectivity index (χ4n) is 3.87. The van der Waals surface area contributed by atoms with E-state index in [1.54, 1.807) is 0 Å². The van der Waals surface area contributed by atoms with Crippen molar-refractivity contribution in [3.8, 4) is 0 Å². The maximum absolute atomic E-state index is 12.3. The number of aryl methyl sites for hydroxylation is 1. The number of nitrogens with one attached hydrogen (secondary N) is 2. The Balaban J connectivity index is 0.00000176. The Morgan fingerprint density at radius 3 is 2.77 bits per heavy atom. The highest BCUT2D eigenvalue weighted by Gasteiger charge is 2.36. The quantitative estimate of drug-likeness (QED) is 0.895. The Morgan fingerprint density at radius 1 is 1.36 bits per heavy atom. The molecule has 0 bridgehead atoms. The number of halogens is 1. The molecule has 2 aliphatic rings. The van der Waals surface area contributed by atoms with E-state index in [4.69, 9.17) is 0 Å². The molecule has 1 amide bonds. The summed E-state index contributed by atoms with van der Waals surface area (Å²) in [5, 5.41) is 6.52. The summed E-state index contributed by atoms with van der Waals surface area (Å²) in [5.74, 6) is 0.403. The lowest BCUT2D eigenvalue weighted by molar-refractivity contribution is -0.124. The first-order valence-corrected chi connectivity index (χ1v) is 8.25. The normalized spacial score (nSPS) is 23.0. The van der Waals surface area contributed by atoms with Gasteiger partial charge in [0.15, 0.2) is 0 Å². The van der Waals surface area contributed by atoms with Crippen molar-refractivity contribution in [3.63, 3.8) is 0 Å². The van der Waals surface area contributed by atoms with Crippen LogP contribution in [0.1, 0.15) is 43.2 Å². The van der Waals surface area contributed by atoms with Crippen LogP contribution in [-0.2, 0) is 10.2 Å². The van der Waals surface area contributed by atoms with Gasteiger partial charge in [-0.1, -0.05) is 42.7 Å². The van der Waals surface area contributed by atoms with Crippen molar-refractivity contribution in [1.82, 2.24) is 10.6 Å². The summed E-state index contributed by atoms with van der Waals surface area (Å²) in [6.45, 7) is 4.76. The van der Waals surface area contributed by atoms with Crippen molar-refractivity contribution >= 4 is 18.3 Å². The van der Waals surface area contributed by atoms with E-state index in [1.165, 1.54) is 36.8 Å². The molecule has 1 aromatic carbocycles. The van der Waals surface area contributed by atoms with Crippen LogP contribution in [0.2, 0.25) is 0 Å². The van der Waals surface area contributed by atoms with Crippen LogP contribution >= 0.6 is 12.4 Å². The molecular formula is C18H27ClN2O. The second kappa shape index (κ2) is 7.47. The van der Waals surface area contributed by atoms with Crippen molar-refractivity contribution in [2.24, 2.45) is 5.92 Å². The van der Waals surface area contributed by atoms with Gasteiger partial charge in [0.1, 0.15) is 0 Å².